The Kier molecular flexibility index (Phi) is 6.88. The Labute approximate surface area is 208 Å². The van der Waals surface area contributed by atoms with E-state index >= 15 is 0 Å². The number of halogens is 3. The molecule has 0 heterocycles. The van der Waals surface area contributed by atoms with Gasteiger partial charge in [-0.25, -0.2) is 0 Å². The summed E-state index contributed by atoms with van der Waals surface area (Å²) in [5, 5.41) is 0. The fourth-order valence-electron chi connectivity index (χ4n) is 3.96. The molecule has 0 bridgehead atoms. The molecule has 1 unspecified atom stereocenters. The van der Waals surface area contributed by atoms with E-state index in [2.05, 4.69) is 0 Å². The molecule has 0 spiro atoms. The normalized spacial score (nSPS) is 13.1. The van der Waals surface area contributed by atoms with E-state index in [0.29, 0.717) is 28.4 Å². The maximum Gasteiger partial charge on any atom is 0.402 e. The number of ether oxygens (including phenoxy) is 2. The topological polar surface area (TPSA) is 35.5 Å². The molecule has 0 aliphatic rings. The number of hydrogen-bond donors (Lipinski definition) is 0. The molecule has 184 valence electrons. The van der Waals surface area contributed by atoms with Crippen LogP contribution in [0.3, 0.4) is 0 Å². The van der Waals surface area contributed by atoms with Crippen molar-refractivity contribution in [2.24, 2.45) is 0 Å². The van der Waals surface area contributed by atoms with Gasteiger partial charge in [-0.1, -0.05) is 54.1 Å². The van der Waals surface area contributed by atoms with Gasteiger partial charge < -0.3 is 9.47 Å². The minimum Gasteiger partial charge on any atom is -0.497 e. The highest BCUT2D eigenvalue weighted by Gasteiger charge is 2.53. The lowest BCUT2D eigenvalue weighted by atomic mass is 9.75. The smallest absolute Gasteiger partial charge is 0.402 e. The zero-order chi connectivity index (χ0) is 25.9. The molecule has 4 aromatic carbocycles. The first-order valence-electron chi connectivity index (χ1n) is 11.3. The van der Waals surface area contributed by atoms with E-state index in [1.54, 1.807) is 36.4 Å². The van der Waals surface area contributed by atoms with E-state index in [0.717, 1.165) is 12.5 Å². The summed E-state index contributed by atoms with van der Waals surface area (Å²) in [6, 6.07) is 25.7. The van der Waals surface area contributed by atoms with Crippen molar-refractivity contribution in [1.29, 1.82) is 0 Å². The second-order valence-corrected chi connectivity index (χ2v) is 8.70. The van der Waals surface area contributed by atoms with E-state index in [9.17, 15) is 18.0 Å². The van der Waals surface area contributed by atoms with Crippen LogP contribution in [-0.2, 0) is 5.41 Å². The minimum absolute atomic E-state index is 0.0894. The van der Waals surface area contributed by atoms with Crippen LogP contribution in [0.15, 0.2) is 97.1 Å². The summed E-state index contributed by atoms with van der Waals surface area (Å²) in [6.45, 7) is 3.12. The summed E-state index contributed by atoms with van der Waals surface area (Å²) in [6.07, 6.45) is -4.52. The molecular formula is C30H25F3O3. The number of carbonyl (C=O) groups excluding carboxylic acids is 1. The lowest BCUT2D eigenvalue weighted by Gasteiger charge is -2.33. The molecule has 0 aromatic heterocycles. The number of hydrogen-bond acceptors (Lipinski definition) is 3. The van der Waals surface area contributed by atoms with Crippen LogP contribution >= 0.6 is 0 Å². The predicted octanol–water partition coefficient (Wildman–Crippen LogP) is 7.90. The van der Waals surface area contributed by atoms with Crippen molar-refractivity contribution in [2.75, 3.05) is 7.11 Å². The van der Waals surface area contributed by atoms with Gasteiger partial charge in [0, 0.05) is 11.1 Å². The van der Waals surface area contributed by atoms with Crippen LogP contribution in [0.4, 0.5) is 13.2 Å². The third-order valence-electron chi connectivity index (χ3n) is 6.33. The lowest BCUT2D eigenvalue weighted by Crippen LogP contribution is -2.40. The first-order valence-corrected chi connectivity index (χ1v) is 11.3. The highest BCUT2D eigenvalue weighted by molar-refractivity contribution is 6.09. The standard InChI is InChI=1S/C30H25F3O3/c1-20-4-6-21(7-5-20)28(34)22-8-14-26(15-9-22)36-27-18-12-24(13-19-27)29(2,30(31,32)33)23-10-16-25(35-3)17-11-23/h4-19H,1-3H3. The average molecular weight is 491 g/mol. The average Bonchev–Trinajstić information content (AvgIpc) is 2.88. The number of benzene rings is 4. The van der Waals surface area contributed by atoms with Gasteiger partial charge in [-0.15, -0.1) is 0 Å². The molecule has 0 aliphatic heterocycles. The Bertz CT molecular complexity index is 1330. The summed E-state index contributed by atoms with van der Waals surface area (Å²) in [5.74, 6) is 1.24. The van der Waals surface area contributed by atoms with Gasteiger partial charge in [0.2, 0.25) is 0 Å². The summed E-state index contributed by atoms with van der Waals surface area (Å²) in [4.78, 5) is 12.7. The zero-order valence-corrected chi connectivity index (χ0v) is 20.1. The predicted molar refractivity (Wildman–Crippen MR) is 133 cm³/mol. The van der Waals surface area contributed by atoms with Gasteiger partial charge in [0.05, 0.1) is 7.11 Å². The van der Waals surface area contributed by atoms with Crippen molar-refractivity contribution in [1.82, 2.24) is 0 Å². The first-order chi connectivity index (χ1) is 17.1. The number of ketones is 1. The number of aryl methyl sites for hydroxylation is 1. The van der Waals surface area contributed by atoms with Crippen LogP contribution in [0.5, 0.6) is 17.2 Å². The van der Waals surface area contributed by atoms with E-state index < -0.39 is 11.6 Å². The van der Waals surface area contributed by atoms with E-state index in [-0.39, 0.29) is 16.9 Å². The van der Waals surface area contributed by atoms with Gasteiger partial charge in [0.25, 0.3) is 0 Å². The largest absolute Gasteiger partial charge is 0.497 e. The lowest BCUT2D eigenvalue weighted by molar-refractivity contribution is -0.173. The van der Waals surface area contributed by atoms with Crippen LogP contribution in [0.25, 0.3) is 0 Å². The van der Waals surface area contributed by atoms with Gasteiger partial charge >= 0.3 is 6.18 Å². The highest BCUT2D eigenvalue weighted by Crippen LogP contribution is 2.46. The van der Waals surface area contributed by atoms with Crippen LogP contribution in [0.1, 0.15) is 39.5 Å². The number of methoxy groups -OCH3 is 1. The van der Waals surface area contributed by atoms with E-state index in [1.165, 1.54) is 55.6 Å². The monoisotopic (exact) mass is 490 g/mol. The minimum atomic E-state index is -4.52. The summed E-state index contributed by atoms with van der Waals surface area (Å²) < 4.78 is 53.7. The molecular weight excluding hydrogens is 465 g/mol. The Morgan fingerprint density at radius 3 is 1.44 bits per heavy atom. The molecule has 1 atom stereocenters. The molecule has 0 saturated heterocycles. The molecule has 0 fully saturated rings. The maximum atomic E-state index is 14.3. The van der Waals surface area contributed by atoms with Crippen LogP contribution in [0.2, 0.25) is 0 Å². The number of carbonyl (C=O) groups is 1. The van der Waals surface area contributed by atoms with Gasteiger partial charge in [-0.05, 0) is 73.5 Å². The molecule has 3 nitrogen and oxygen atoms in total. The molecule has 0 aliphatic carbocycles. The molecule has 0 saturated carbocycles. The quantitative estimate of drug-likeness (QED) is 0.247. The van der Waals surface area contributed by atoms with Crippen molar-refractivity contribution in [2.45, 2.75) is 25.4 Å². The molecule has 36 heavy (non-hydrogen) atoms. The van der Waals surface area contributed by atoms with Gasteiger partial charge in [-0.2, -0.15) is 13.2 Å². The highest BCUT2D eigenvalue weighted by atomic mass is 19.4. The third-order valence-corrected chi connectivity index (χ3v) is 6.33. The molecule has 0 amide bonds. The van der Waals surface area contributed by atoms with Gasteiger partial charge in [-0.3, -0.25) is 4.79 Å². The second kappa shape index (κ2) is 9.90. The summed E-state index contributed by atoms with van der Waals surface area (Å²) in [5.41, 5.74) is 0.164. The molecule has 4 aromatic rings. The van der Waals surface area contributed by atoms with Crippen molar-refractivity contribution in [3.05, 3.63) is 125 Å². The fourth-order valence-corrected chi connectivity index (χ4v) is 3.96. The Balaban J connectivity index is 1.53. The van der Waals surface area contributed by atoms with Crippen LogP contribution in [-0.4, -0.2) is 19.1 Å². The van der Waals surface area contributed by atoms with Crippen LogP contribution < -0.4 is 9.47 Å². The molecule has 0 radical (unpaired) electrons. The second-order valence-electron chi connectivity index (χ2n) is 8.70. The Hall–Kier alpha value is -4.06. The molecule has 0 N–H and O–H groups in total. The fraction of sp³-hybridized carbons (Fsp3) is 0.167. The zero-order valence-electron chi connectivity index (χ0n) is 20.1. The Morgan fingerprint density at radius 1 is 0.639 bits per heavy atom. The van der Waals surface area contributed by atoms with Gasteiger partial charge in [0.1, 0.15) is 22.7 Å². The van der Waals surface area contributed by atoms with E-state index in [1.807, 2.05) is 19.1 Å². The van der Waals surface area contributed by atoms with E-state index in [4.69, 9.17) is 9.47 Å². The Morgan fingerprint density at radius 2 is 1.03 bits per heavy atom. The first kappa shape index (κ1) is 25.0. The molecule has 6 heteroatoms. The van der Waals surface area contributed by atoms with Crippen molar-refractivity contribution >= 4 is 5.78 Å². The van der Waals surface area contributed by atoms with Crippen molar-refractivity contribution in [3.63, 3.8) is 0 Å². The maximum absolute atomic E-state index is 14.3. The SMILES string of the molecule is COc1ccc(C(C)(c2ccc(Oc3ccc(C(=O)c4ccc(C)cc4)cc3)cc2)C(F)(F)F)cc1. The number of rotatable bonds is 7. The van der Waals surface area contributed by atoms with Crippen molar-refractivity contribution in [3.8, 4) is 17.2 Å². The summed E-state index contributed by atoms with van der Waals surface area (Å²) >= 11 is 0. The third kappa shape index (κ3) is 4.98. The van der Waals surface area contributed by atoms with Crippen molar-refractivity contribution < 1.29 is 27.4 Å². The van der Waals surface area contributed by atoms with Crippen LogP contribution in [0, 0.1) is 6.92 Å². The van der Waals surface area contributed by atoms with Gasteiger partial charge in [0.15, 0.2) is 5.78 Å². The summed E-state index contributed by atoms with van der Waals surface area (Å²) in [7, 11) is 1.46. The molecule has 4 rings (SSSR count). The number of alkyl halides is 3.